The zero-order valence-electron chi connectivity index (χ0n) is 10.8. The Morgan fingerprint density at radius 3 is 2.80 bits per heavy atom. The molecule has 0 bridgehead atoms. The van der Waals surface area contributed by atoms with Crippen molar-refractivity contribution in [2.75, 3.05) is 20.3 Å². The van der Waals surface area contributed by atoms with Crippen molar-refractivity contribution in [3.63, 3.8) is 0 Å². The molecule has 0 saturated heterocycles. The van der Waals surface area contributed by atoms with Crippen molar-refractivity contribution >= 4 is 17.6 Å². The number of esters is 1. The average Bonchev–Trinajstić information content (AvgIpc) is 2.86. The van der Waals surface area contributed by atoms with Crippen LogP contribution in [0.25, 0.3) is 5.95 Å². The van der Waals surface area contributed by atoms with Crippen LogP contribution < -0.4 is 0 Å². The summed E-state index contributed by atoms with van der Waals surface area (Å²) in [5, 5.41) is 4.15. The lowest BCUT2D eigenvalue weighted by Gasteiger charge is -2.06. The van der Waals surface area contributed by atoms with E-state index in [4.69, 9.17) is 21.1 Å². The number of methoxy groups -OCH3 is 1. The standard InChI is InChI=1S/C12H13ClN4O3/c1-19-6-3-7-20-11(18)9-8-10(13)16-17(9)12-14-4-2-5-15-12/h2,4-5,8H,3,6-7H2,1H3. The Bertz CT molecular complexity index is 573. The van der Waals surface area contributed by atoms with Crippen molar-refractivity contribution in [2.45, 2.75) is 6.42 Å². The zero-order valence-corrected chi connectivity index (χ0v) is 11.6. The third-order valence-electron chi connectivity index (χ3n) is 2.36. The first-order valence-electron chi connectivity index (χ1n) is 5.91. The number of hydrogen-bond donors (Lipinski definition) is 0. The molecule has 0 aliphatic carbocycles. The smallest absolute Gasteiger partial charge is 0.357 e. The molecule has 0 unspecified atom stereocenters. The summed E-state index contributed by atoms with van der Waals surface area (Å²) in [4.78, 5) is 20.0. The first-order valence-corrected chi connectivity index (χ1v) is 6.29. The molecule has 106 valence electrons. The van der Waals surface area contributed by atoms with Gasteiger partial charge in [0.15, 0.2) is 10.8 Å². The van der Waals surface area contributed by atoms with Gasteiger partial charge in [0, 0.05) is 38.6 Å². The lowest BCUT2D eigenvalue weighted by molar-refractivity contribution is 0.0457. The van der Waals surface area contributed by atoms with E-state index >= 15 is 0 Å². The van der Waals surface area contributed by atoms with E-state index in [0.717, 1.165) is 0 Å². The summed E-state index contributed by atoms with van der Waals surface area (Å²) in [7, 11) is 1.59. The molecule has 0 saturated carbocycles. The van der Waals surface area contributed by atoms with Crippen LogP contribution in [0, 0.1) is 0 Å². The molecule has 2 heterocycles. The third-order valence-corrected chi connectivity index (χ3v) is 2.54. The summed E-state index contributed by atoms with van der Waals surface area (Å²) in [6.45, 7) is 0.778. The SMILES string of the molecule is COCCCOC(=O)c1cc(Cl)nn1-c1ncccn1. The first-order chi connectivity index (χ1) is 9.72. The minimum Gasteiger partial charge on any atom is -0.461 e. The monoisotopic (exact) mass is 296 g/mol. The predicted molar refractivity (Wildman–Crippen MR) is 70.9 cm³/mol. The molecule has 0 radical (unpaired) electrons. The minimum atomic E-state index is -0.534. The number of carbonyl (C=O) groups is 1. The highest BCUT2D eigenvalue weighted by atomic mass is 35.5. The number of rotatable bonds is 6. The summed E-state index contributed by atoms with van der Waals surface area (Å²) >= 11 is 5.83. The van der Waals surface area contributed by atoms with Crippen molar-refractivity contribution < 1.29 is 14.3 Å². The molecule has 20 heavy (non-hydrogen) atoms. The van der Waals surface area contributed by atoms with E-state index < -0.39 is 5.97 Å². The number of halogens is 1. The fourth-order valence-electron chi connectivity index (χ4n) is 1.49. The Balaban J connectivity index is 2.14. The molecule has 2 aromatic rings. The second-order valence-corrected chi connectivity index (χ2v) is 4.18. The van der Waals surface area contributed by atoms with Crippen LogP contribution in [0.1, 0.15) is 16.9 Å². The van der Waals surface area contributed by atoms with Crippen molar-refractivity contribution in [2.24, 2.45) is 0 Å². The molecule has 0 aromatic carbocycles. The number of aromatic nitrogens is 4. The van der Waals surface area contributed by atoms with Crippen molar-refractivity contribution in [3.05, 3.63) is 35.4 Å². The molecule has 0 fully saturated rings. The summed E-state index contributed by atoms with van der Waals surface area (Å²) < 4.78 is 11.2. The molecule has 7 nitrogen and oxygen atoms in total. The van der Waals surface area contributed by atoms with Crippen LogP contribution in [0.4, 0.5) is 0 Å². The van der Waals surface area contributed by atoms with Gasteiger partial charge in [-0.2, -0.15) is 9.78 Å². The molecular formula is C12H13ClN4O3. The molecule has 2 aromatic heterocycles. The van der Waals surface area contributed by atoms with Gasteiger partial charge in [0.25, 0.3) is 5.95 Å². The van der Waals surface area contributed by atoms with E-state index in [2.05, 4.69) is 15.1 Å². The maximum absolute atomic E-state index is 12.0. The number of ether oxygens (including phenoxy) is 2. The van der Waals surface area contributed by atoms with Crippen LogP contribution >= 0.6 is 11.6 Å². The third kappa shape index (κ3) is 3.52. The zero-order chi connectivity index (χ0) is 14.4. The number of nitrogens with zero attached hydrogens (tertiary/aromatic N) is 4. The minimum absolute atomic E-state index is 0.168. The summed E-state index contributed by atoms with van der Waals surface area (Å²) in [5.74, 6) is -0.281. The number of hydrogen-bond acceptors (Lipinski definition) is 6. The topological polar surface area (TPSA) is 79.1 Å². The normalized spacial score (nSPS) is 10.5. The van der Waals surface area contributed by atoms with E-state index in [9.17, 15) is 4.79 Å². The predicted octanol–water partition coefficient (Wildman–Crippen LogP) is 1.51. The van der Waals surface area contributed by atoms with Crippen molar-refractivity contribution in [1.29, 1.82) is 0 Å². The van der Waals surface area contributed by atoms with Crippen LogP contribution in [0.2, 0.25) is 5.15 Å². The Morgan fingerprint density at radius 2 is 2.10 bits per heavy atom. The lowest BCUT2D eigenvalue weighted by Crippen LogP contribution is -2.15. The largest absolute Gasteiger partial charge is 0.461 e. The van der Waals surface area contributed by atoms with Crippen LogP contribution in [-0.2, 0) is 9.47 Å². The molecule has 0 N–H and O–H groups in total. The van der Waals surface area contributed by atoms with Gasteiger partial charge in [-0.1, -0.05) is 11.6 Å². The molecule has 0 aliphatic heterocycles. The van der Waals surface area contributed by atoms with Crippen LogP contribution in [0.5, 0.6) is 0 Å². The van der Waals surface area contributed by atoms with Gasteiger partial charge in [0.2, 0.25) is 0 Å². The van der Waals surface area contributed by atoms with Crippen molar-refractivity contribution in [3.8, 4) is 5.95 Å². The fourth-order valence-corrected chi connectivity index (χ4v) is 1.67. The van der Waals surface area contributed by atoms with Crippen molar-refractivity contribution in [1.82, 2.24) is 19.7 Å². The molecule has 0 atom stereocenters. The maximum atomic E-state index is 12.0. The highest BCUT2D eigenvalue weighted by molar-refractivity contribution is 6.29. The Hall–Kier alpha value is -1.99. The first kappa shape index (κ1) is 14.4. The van der Waals surface area contributed by atoms with E-state index in [1.165, 1.54) is 10.7 Å². The maximum Gasteiger partial charge on any atom is 0.357 e. The molecule has 0 amide bonds. The second-order valence-electron chi connectivity index (χ2n) is 3.80. The molecule has 0 aliphatic rings. The summed E-state index contributed by atoms with van der Waals surface area (Å²) in [5.41, 5.74) is 0.179. The Labute approximate surface area is 120 Å². The van der Waals surface area contributed by atoms with Crippen LogP contribution in [0.3, 0.4) is 0 Å². The van der Waals surface area contributed by atoms with E-state index in [1.54, 1.807) is 25.6 Å². The van der Waals surface area contributed by atoms with Gasteiger partial charge in [-0.25, -0.2) is 14.8 Å². The summed E-state index contributed by atoms with van der Waals surface area (Å²) in [6.07, 6.45) is 3.71. The highest BCUT2D eigenvalue weighted by Crippen LogP contribution is 2.14. The molecule has 8 heteroatoms. The van der Waals surface area contributed by atoms with Crippen LogP contribution in [0.15, 0.2) is 24.5 Å². The number of carbonyl (C=O) groups excluding carboxylic acids is 1. The van der Waals surface area contributed by atoms with Gasteiger partial charge in [-0.05, 0) is 6.07 Å². The molecule has 0 spiro atoms. The van der Waals surface area contributed by atoms with Gasteiger partial charge in [-0.15, -0.1) is 0 Å². The second kappa shape index (κ2) is 6.97. The van der Waals surface area contributed by atoms with E-state index in [-0.39, 0.29) is 23.4 Å². The van der Waals surface area contributed by atoms with E-state index in [1.807, 2.05) is 0 Å². The van der Waals surface area contributed by atoms with E-state index in [0.29, 0.717) is 13.0 Å². The molecule has 2 rings (SSSR count). The Kier molecular flexibility index (Phi) is 5.03. The summed E-state index contributed by atoms with van der Waals surface area (Å²) in [6, 6.07) is 3.08. The van der Waals surface area contributed by atoms with Gasteiger partial charge in [-0.3, -0.25) is 0 Å². The quantitative estimate of drug-likeness (QED) is 0.594. The lowest BCUT2D eigenvalue weighted by atomic mass is 10.4. The van der Waals surface area contributed by atoms with Crippen LogP contribution in [-0.4, -0.2) is 46.0 Å². The molecular weight excluding hydrogens is 284 g/mol. The van der Waals surface area contributed by atoms with Gasteiger partial charge in [0.05, 0.1) is 6.61 Å². The Morgan fingerprint density at radius 1 is 1.35 bits per heavy atom. The average molecular weight is 297 g/mol. The highest BCUT2D eigenvalue weighted by Gasteiger charge is 2.18. The van der Waals surface area contributed by atoms with Gasteiger partial charge < -0.3 is 9.47 Å². The van der Waals surface area contributed by atoms with Gasteiger partial charge in [0.1, 0.15) is 0 Å². The fraction of sp³-hybridized carbons (Fsp3) is 0.333. The van der Waals surface area contributed by atoms with Gasteiger partial charge >= 0.3 is 5.97 Å².